The van der Waals surface area contributed by atoms with Gasteiger partial charge in [-0.25, -0.2) is 0 Å². The number of thiol groups is 1. The summed E-state index contributed by atoms with van der Waals surface area (Å²) in [6.07, 6.45) is -11.1. The lowest BCUT2D eigenvalue weighted by atomic mass is 9.73. The third-order valence-corrected chi connectivity index (χ3v) is 3.93. The lowest BCUT2D eigenvalue weighted by Crippen LogP contribution is -2.54. The highest BCUT2D eigenvalue weighted by Crippen LogP contribution is 2.56. The molecule has 0 bridgehead atoms. The summed E-state index contributed by atoms with van der Waals surface area (Å²) >= 11 is 3.91. The Labute approximate surface area is 134 Å². The molecular weight excluding hydrogens is 338 g/mol. The minimum absolute atomic E-state index is 0.274. The molecule has 0 N–H and O–H groups in total. The molecule has 23 heavy (non-hydrogen) atoms. The molecule has 0 radical (unpaired) electrons. The topological polar surface area (TPSA) is 0 Å². The average Bonchev–Trinajstić information content (AvgIpc) is 2.40. The predicted octanol–water partition coefficient (Wildman–Crippen LogP) is 5.69. The van der Waals surface area contributed by atoms with Crippen LogP contribution in [-0.2, 0) is 5.41 Å². The van der Waals surface area contributed by atoms with Crippen LogP contribution in [0.5, 0.6) is 0 Å². The molecule has 0 aliphatic rings. The molecule has 0 aliphatic carbocycles. The van der Waals surface area contributed by atoms with Crippen molar-refractivity contribution in [2.45, 2.75) is 29.6 Å². The molecule has 0 saturated carbocycles. The van der Waals surface area contributed by atoms with Crippen LogP contribution in [0, 0.1) is 6.92 Å². The number of halogens is 6. The van der Waals surface area contributed by atoms with Crippen LogP contribution < -0.4 is 0 Å². The molecule has 2 aromatic carbocycles. The molecule has 2 rings (SSSR count). The van der Waals surface area contributed by atoms with Gasteiger partial charge in [0, 0.05) is 4.90 Å². The van der Waals surface area contributed by atoms with E-state index in [1.54, 1.807) is 6.92 Å². The molecule has 0 aromatic heterocycles. The summed E-state index contributed by atoms with van der Waals surface area (Å²) in [4.78, 5) is 0.274. The summed E-state index contributed by atoms with van der Waals surface area (Å²) in [6, 6.07) is 8.03. The molecule has 0 atom stereocenters. The van der Waals surface area contributed by atoms with Gasteiger partial charge in [0.25, 0.3) is 0 Å². The quantitative estimate of drug-likeness (QED) is 0.522. The summed E-state index contributed by atoms with van der Waals surface area (Å²) in [5, 5.41) is 0. The maximum atomic E-state index is 13.7. The van der Waals surface area contributed by atoms with E-state index < -0.39 is 28.9 Å². The zero-order chi connectivity index (χ0) is 17.5. The summed E-state index contributed by atoms with van der Waals surface area (Å²) in [6.45, 7) is 1.59. The molecule has 7 heteroatoms. The smallest absolute Gasteiger partial charge is 0.169 e. The van der Waals surface area contributed by atoms with Gasteiger partial charge in [-0.1, -0.05) is 42.0 Å². The number of alkyl halides is 6. The van der Waals surface area contributed by atoms with E-state index in [-0.39, 0.29) is 4.90 Å². The third-order valence-electron chi connectivity index (χ3n) is 3.64. The Morgan fingerprint density at radius 1 is 0.652 bits per heavy atom. The van der Waals surface area contributed by atoms with Gasteiger partial charge in [0.05, 0.1) is 0 Å². The number of hydrogen-bond acceptors (Lipinski definition) is 1. The van der Waals surface area contributed by atoms with E-state index in [1.165, 1.54) is 12.1 Å². The highest BCUT2D eigenvalue weighted by Gasteiger charge is 2.72. The summed E-state index contributed by atoms with van der Waals surface area (Å²) in [5.74, 6) is 0. The molecule has 2 aromatic rings. The van der Waals surface area contributed by atoms with Gasteiger partial charge in [0.2, 0.25) is 5.41 Å². The fourth-order valence-corrected chi connectivity index (χ4v) is 2.65. The van der Waals surface area contributed by atoms with Crippen LogP contribution in [0.3, 0.4) is 0 Å². The number of rotatable bonds is 2. The molecule has 0 aliphatic heterocycles. The Hall–Kier alpha value is -1.63. The van der Waals surface area contributed by atoms with Crippen LogP contribution >= 0.6 is 12.6 Å². The second-order valence-corrected chi connectivity index (χ2v) is 5.67. The maximum absolute atomic E-state index is 13.7. The fourth-order valence-electron chi connectivity index (χ4n) is 2.50. The fraction of sp³-hybridized carbons (Fsp3) is 0.250. The third kappa shape index (κ3) is 2.94. The van der Waals surface area contributed by atoms with Gasteiger partial charge in [0.1, 0.15) is 0 Å². The first-order valence-corrected chi connectivity index (χ1v) is 6.95. The van der Waals surface area contributed by atoms with E-state index in [1.807, 2.05) is 0 Å². The molecule has 0 heterocycles. The minimum Gasteiger partial charge on any atom is -0.169 e. The van der Waals surface area contributed by atoms with Crippen LogP contribution in [0.15, 0.2) is 53.4 Å². The van der Waals surface area contributed by atoms with E-state index in [9.17, 15) is 26.3 Å². The normalized spacial score (nSPS) is 13.2. The molecule has 0 fully saturated rings. The van der Waals surface area contributed by atoms with Gasteiger partial charge in [-0.05, 0) is 30.2 Å². The van der Waals surface area contributed by atoms with Crippen LogP contribution in [0.25, 0.3) is 0 Å². The highest BCUT2D eigenvalue weighted by molar-refractivity contribution is 7.80. The van der Waals surface area contributed by atoms with Crippen molar-refractivity contribution in [1.82, 2.24) is 0 Å². The van der Waals surface area contributed by atoms with Crippen molar-refractivity contribution >= 4 is 12.6 Å². The first-order chi connectivity index (χ1) is 10.5. The Morgan fingerprint density at radius 2 is 1.00 bits per heavy atom. The van der Waals surface area contributed by atoms with Gasteiger partial charge in [-0.15, -0.1) is 12.6 Å². The molecule has 0 spiro atoms. The molecule has 0 unspecified atom stereocenters. The van der Waals surface area contributed by atoms with Crippen LogP contribution in [0.2, 0.25) is 0 Å². The van der Waals surface area contributed by atoms with E-state index in [0.717, 1.165) is 36.4 Å². The van der Waals surface area contributed by atoms with Gasteiger partial charge >= 0.3 is 12.4 Å². The van der Waals surface area contributed by atoms with Crippen LogP contribution in [-0.4, -0.2) is 12.4 Å². The zero-order valence-electron chi connectivity index (χ0n) is 11.8. The van der Waals surface area contributed by atoms with Crippen molar-refractivity contribution in [2.75, 3.05) is 0 Å². The van der Waals surface area contributed by atoms with E-state index >= 15 is 0 Å². The van der Waals surface area contributed by atoms with Gasteiger partial charge < -0.3 is 0 Å². The second kappa shape index (κ2) is 5.78. The van der Waals surface area contributed by atoms with Crippen molar-refractivity contribution in [1.29, 1.82) is 0 Å². The van der Waals surface area contributed by atoms with Crippen molar-refractivity contribution in [2.24, 2.45) is 0 Å². The Morgan fingerprint density at radius 3 is 1.35 bits per heavy atom. The van der Waals surface area contributed by atoms with Gasteiger partial charge in [-0.3, -0.25) is 0 Å². The van der Waals surface area contributed by atoms with E-state index in [0.29, 0.717) is 5.56 Å². The molecule has 0 saturated heterocycles. The van der Waals surface area contributed by atoms with Crippen molar-refractivity contribution in [3.05, 3.63) is 65.2 Å². The second-order valence-electron chi connectivity index (χ2n) is 5.16. The largest absolute Gasteiger partial charge is 0.411 e. The summed E-state index contributed by atoms with van der Waals surface area (Å²) < 4.78 is 82.2. The Bertz CT molecular complexity index is 606. The summed E-state index contributed by atoms with van der Waals surface area (Å²) in [5.41, 5.74) is -5.28. The van der Waals surface area contributed by atoms with Gasteiger partial charge in [-0.2, -0.15) is 26.3 Å². The minimum atomic E-state index is -5.56. The number of hydrogen-bond donors (Lipinski definition) is 1. The number of aryl methyl sites for hydroxylation is 1. The first-order valence-electron chi connectivity index (χ1n) is 6.50. The molecule has 0 nitrogen and oxygen atoms in total. The maximum Gasteiger partial charge on any atom is 0.411 e. The lowest BCUT2D eigenvalue weighted by Gasteiger charge is -2.38. The van der Waals surface area contributed by atoms with Crippen LogP contribution in [0.4, 0.5) is 26.3 Å². The first kappa shape index (κ1) is 17.7. The van der Waals surface area contributed by atoms with Crippen molar-refractivity contribution in [3.63, 3.8) is 0 Å². The molecular formula is C16H12F6S. The summed E-state index contributed by atoms with van der Waals surface area (Å²) in [7, 11) is 0. The van der Waals surface area contributed by atoms with E-state index in [2.05, 4.69) is 12.6 Å². The van der Waals surface area contributed by atoms with Gasteiger partial charge in [0.15, 0.2) is 0 Å². The molecule has 0 amide bonds. The zero-order valence-corrected chi connectivity index (χ0v) is 12.7. The van der Waals surface area contributed by atoms with Crippen molar-refractivity contribution in [3.8, 4) is 0 Å². The SMILES string of the molecule is Cc1ccc(C(c2ccc(S)cc2)(C(F)(F)F)C(F)(F)F)cc1. The average molecular weight is 350 g/mol. The van der Waals surface area contributed by atoms with Crippen molar-refractivity contribution < 1.29 is 26.3 Å². The van der Waals surface area contributed by atoms with E-state index in [4.69, 9.17) is 0 Å². The Kier molecular flexibility index (Phi) is 4.45. The number of benzene rings is 2. The standard InChI is InChI=1S/C16H12F6S/c1-10-2-4-11(5-3-10)14(15(17,18)19,16(20,21)22)12-6-8-13(23)9-7-12/h2-9,23H,1H3. The lowest BCUT2D eigenvalue weighted by molar-refractivity contribution is -0.288. The van der Waals surface area contributed by atoms with Crippen LogP contribution in [0.1, 0.15) is 16.7 Å². The monoisotopic (exact) mass is 350 g/mol. The molecule has 124 valence electrons. The Balaban J connectivity index is 2.86. The predicted molar refractivity (Wildman–Crippen MR) is 77.8 cm³/mol. The highest BCUT2D eigenvalue weighted by atomic mass is 32.1.